The molecule has 0 atom stereocenters. The van der Waals surface area contributed by atoms with Crippen LogP contribution >= 0.6 is 11.8 Å². The highest BCUT2D eigenvalue weighted by molar-refractivity contribution is 7.98. The van der Waals surface area contributed by atoms with Crippen LogP contribution in [0.3, 0.4) is 0 Å². The van der Waals surface area contributed by atoms with Crippen LogP contribution in [0.2, 0.25) is 0 Å². The Morgan fingerprint density at radius 3 is 2.18 bits per heavy atom. The highest BCUT2D eigenvalue weighted by atomic mass is 32.2. The molecule has 0 bridgehead atoms. The zero-order valence-electron chi connectivity index (χ0n) is 17.8. The second-order valence-corrected chi connectivity index (χ2v) is 8.01. The number of benzene rings is 3. The highest BCUT2D eigenvalue weighted by Crippen LogP contribution is 2.35. The Morgan fingerprint density at radius 1 is 0.848 bits per heavy atom. The fourth-order valence-corrected chi connectivity index (χ4v) is 4.18. The summed E-state index contributed by atoms with van der Waals surface area (Å²) < 4.78 is 51.9. The largest absolute Gasteiger partial charge is 0.497 e. The lowest BCUT2D eigenvalue weighted by Gasteiger charge is -2.12. The van der Waals surface area contributed by atoms with Crippen LogP contribution in [-0.4, -0.2) is 29.0 Å². The van der Waals surface area contributed by atoms with Crippen molar-refractivity contribution in [3.63, 3.8) is 0 Å². The van der Waals surface area contributed by atoms with Gasteiger partial charge in [0.25, 0.3) is 0 Å². The first kappa shape index (κ1) is 22.7. The number of halogens is 3. The van der Waals surface area contributed by atoms with Crippen molar-refractivity contribution >= 4 is 11.8 Å². The Labute approximate surface area is 193 Å². The molecule has 9 heteroatoms. The molecule has 0 aliphatic carbocycles. The van der Waals surface area contributed by atoms with E-state index in [9.17, 15) is 13.2 Å². The summed E-state index contributed by atoms with van der Waals surface area (Å²) >= 11 is 1.31. The highest BCUT2D eigenvalue weighted by Gasteiger charge is 2.30. The molecule has 0 unspecified atom stereocenters. The topological polar surface area (TPSA) is 49.2 Å². The summed E-state index contributed by atoms with van der Waals surface area (Å²) in [5.41, 5.74) is 1.43. The molecule has 0 amide bonds. The van der Waals surface area contributed by atoms with Gasteiger partial charge in [-0.25, -0.2) is 0 Å². The number of alkyl halides is 3. The van der Waals surface area contributed by atoms with Crippen molar-refractivity contribution in [1.29, 1.82) is 0 Å². The Morgan fingerprint density at radius 2 is 1.55 bits per heavy atom. The van der Waals surface area contributed by atoms with Crippen molar-refractivity contribution in [2.24, 2.45) is 0 Å². The number of thioether (sulfide) groups is 1. The van der Waals surface area contributed by atoms with Crippen LogP contribution in [-0.2, 0) is 11.9 Å². The molecule has 1 aromatic heterocycles. The zero-order valence-corrected chi connectivity index (χ0v) is 18.7. The van der Waals surface area contributed by atoms with E-state index in [1.54, 1.807) is 26.4 Å². The molecule has 4 aromatic rings. The third-order valence-electron chi connectivity index (χ3n) is 4.88. The van der Waals surface area contributed by atoms with Gasteiger partial charge in [0.2, 0.25) is 0 Å². The Hall–Kier alpha value is -3.46. The van der Waals surface area contributed by atoms with Gasteiger partial charge < -0.3 is 9.47 Å². The molecule has 0 saturated heterocycles. The number of nitrogens with zero attached hydrogens (tertiary/aromatic N) is 3. The number of ether oxygens (including phenoxy) is 2. The van der Waals surface area contributed by atoms with Gasteiger partial charge >= 0.3 is 6.18 Å². The lowest BCUT2D eigenvalue weighted by atomic mass is 10.1. The van der Waals surface area contributed by atoms with Crippen LogP contribution in [0.5, 0.6) is 11.5 Å². The summed E-state index contributed by atoms with van der Waals surface area (Å²) in [6.45, 7) is 0. The lowest BCUT2D eigenvalue weighted by molar-refractivity contribution is -0.137. The van der Waals surface area contributed by atoms with E-state index in [2.05, 4.69) is 10.2 Å². The monoisotopic (exact) mass is 471 g/mol. The third-order valence-corrected chi connectivity index (χ3v) is 5.88. The van der Waals surface area contributed by atoms with Crippen LogP contribution in [0.4, 0.5) is 13.2 Å². The molecule has 4 rings (SSSR count). The minimum absolute atomic E-state index is 0.302. The first-order valence-electron chi connectivity index (χ1n) is 9.92. The molecular formula is C24H20F3N3O2S. The number of aromatic nitrogens is 3. The first-order valence-corrected chi connectivity index (χ1v) is 10.9. The first-order chi connectivity index (χ1) is 15.9. The minimum atomic E-state index is -4.39. The number of hydrogen-bond acceptors (Lipinski definition) is 5. The predicted molar refractivity (Wildman–Crippen MR) is 121 cm³/mol. The lowest BCUT2D eigenvalue weighted by Crippen LogP contribution is -2.05. The number of methoxy groups -OCH3 is 2. The average molecular weight is 472 g/mol. The van der Waals surface area contributed by atoms with Gasteiger partial charge in [0, 0.05) is 23.1 Å². The molecule has 170 valence electrons. The van der Waals surface area contributed by atoms with Crippen molar-refractivity contribution in [2.45, 2.75) is 17.1 Å². The van der Waals surface area contributed by atoms with E-state index in [0.717, 1.165) is 23.4 Å². The fraction of sp³-hybridized carbons (Fsp3) is 0.167. The maximum atomic E-state index is 13.1. The second kappa shape index (κ2) is 9.58. The quantitative estimate of drug-likeness (QED) is 0.298. The van der Waals surface area contributed by atoms with E-state index in [0.29, 0.717) is 33.8 Å². The van der Waals surface area contributed by atoms with E-state index in [-0.39, 0.29) is 0 Å². The second-order valence-electron chi connectivity index (χ2n) is 7.07. The van der Waals surface area contributed by atoms with Gasteiger partial charge in [-0.1, -0.05) is 48.2 Å². The molecule has 0 aliphatic rings. The predicted octanol–water partition coefficient (Wildman–Crippen LogP) is 6.26. The molecule has 0 fully saturated rings. The minimum Gasteiger partial charge on any atom is -0.497 e. The Balaban J connectivity index is 1.73. The van der Waals surface area contributed by atoms with E-state index in [4.69, 9.17) is 9.47 Å². The van der Waals surface area contributed by atoms with Gasteiger partial charge in [-0.2, -0.15) is 13.2 Å². The van der Waals surface area contributed by atoms with Crippen molar-refractivity contribution in [3.8, 4) is 28.6 Å². The van der Waals surface area contributed by atoms with Gasteiger partial charge in [-0.3, -0.25) is 4.57 Å². The SMILES string of the molecule is COc1cc(OC)cc(-c2nnc(SCc3cccc(C(F)(F)F)c3)n2-c2ccccc2)c1. The van der Waals surface area contributed by atoms with Gasteiger partial charge in [0.05, 0.1) is 19.8 Å². The molecule has 5 nitrogen and oxygen atoms in total. The van der Waals surface area contributed by atoms with Crippen LogP contribution in [0.15, 0.2) is 78.0 Å². The van der Waals surface area contributed by atoms with Crippen molar-refractivity contribution in [3.05, 3.63) is 83.9 Å². The number of rotatable bonds is 7. The molecule has 0 N–H and O–H groups in total. The van der Waals surface area contributed by atoms with Crippen LogP contribution in [0.25, 0.3) is 17.1 Å². The average Bonchev–Trinajstić information content (AvgIpc) is 3.26. The third kappa shape index (κ3) is 5.14. The fourth-order valence-electron chi connectivity index (χ4n) is 3.28. The summed E-state index contributed by atoms with van der Waals surface area (Å²) in [6, 6.07) is 20.2. The van der Waals surface area contributed by atoms with E-state index in [1.165, 1.54) is 17.8 Å². The molecule has 3 aromatic carbocycles. The summed E-state index contributed by atoms with van der Waals surface area (Å²) in [5.74, 6) is 2.07. The smallest absolute Gasteiger partial charge is 0.416 e. The molecule has 0 radical (unpaired) electrons. The summed E-state index contributed by atoms with van der Waals surface area (Å²) in [4.78, 5) is 0. The van der Waals surface area contributed by atoms with E-state index < -0.39 is 11.7 Å². The summed E-state index contributed by atoms with van der Waals surface area (Å²) in [5, 5.41) is 9.27. The van der Waals surface area contributed by atoms with Gasteiger partial charge in [0.1, 0.15) is 11.5 Å². The Bertz CT molecular complexity index is 1220. The maximum absolute atomic E-state index is 13.1. The number of hydrogen-bond donors (Lipinski definition) is 0. The van der Waals surface area contributed by atoms with Crippen molar-refractivity contribution in [1.82, 2.24) is 14.8 Å². The standard InChI is InChI=1S/C24H20F3N3O2S/c1-31-20-12-17(13-21(14-20)32-2)22-28-29-23(30(22)19-9-4-3-5-10-19)33-15-16-7-6-8-18(11-16)24(25,26)27/h3-14H,15H2,1-2H3. The summed E-state index contributed by atoms with van der Waals surface area (Å²) in [6.07, 6.45) is -4.39. The molecule has 0 aliphatic heterocycles. The molecular weight excluding hydrogens is 451 g/mol. The van der Waals surface area contributed by atoms with Gasteiger partial charge in [0.15, 0.2) is 11.0 Å². The van der Waals surface area contributed by atoms with E-state index in [1.807, 2.05) is 47.0 Å². The zero-order chi connectivity index (χ0) is 23.4. The number of para-hydroxylation sites is 1. The maximum Gasteiger partial charge on any atom is 0.416 e. The van der Waals surface area contributed by atoms with Gasteiger partial charge in [-0.15, -0.1) is 10.2 Å². The summed E-state index contributed by atoms with van der Waals surface area (Å²) in [7, 11) is 3.13. The normalized spacial score (nSPS) is 11.4. The molecule has 1 heterocycles. The van der Waals surface area contributed by atoms with Crippen LogP contribution in [0, 0.1) is 0 Å². The van der Waals surface area contributed by atoms with Crippen LogP contribution in [0.1, 0.15) is 11.1 Å². The molecule has 33 heavy (non-hydrogen) atoms. The van der Waals surface area contributed by atoms with E-state index >= 15 is 0 Å². The molecule has 0 saturated carbocycles. The Kier molecular flexibility index (Phi) is 6.60. The van der Waals surface area contributed by atoms with Crippen molar-refractivity contribution < 1.29 is 22.6 Å². The molecule has 0 spiro atoms. The van der Waals surface area contributed by atoms with Crippen molar-refractivity contribution in [2.75, 3.05) is 14.2 Å². The van der Waals surface area contributed by atoms with Crippen LogP contribution < -0.4 is 9.47 Å². The van der Waals surface area contributed by atoms with Gasteiger partial charge in [-0.05, 0) is 35.9 Å².